The predicted molar refractivity (Wildman–Crippen MR) is 68.6 cm³/mol. The van der Waals surface area contributed by atoms with Crippen LogP contribution in [0.25, 0.3) is 0 Å². The molecule has 8 heteroatoms. The first-order chi connectivity index (χ1) is 9.27. The fraction of sp³-hybridized carbons (Fsp3) is 0.818. The van der Waals surface area contributed by atoms with Crippen LogP contribution in [0.3, 0.4) is 0 Å². The van der Waals surface area contributed by atoms with Crippen molar-refractivity contribution in [3.63, 3.8) is 0 Å². The normalized spacial score (nSPS) is 23.9. The second-order valence-electron chi connectivity index (χ2n) is 5.03. The van der Waals surface area contributed by atoms with Crippen molar-refractivity contribution in [3.05, 3.63) is 0 Å². The van der Waals surface area contributed by atoms with Gasteiger partial charge >= 0.3 is 0 Å². The molecule has 0 radical (unpaired) electrons. The topological polar surface area (TPSA) is 79.2 Å². The van der Waals surface area contributed by atoms with Crippen molar-refractivity contribution in [2.45, 2.75) is 18.9 Å². The van der Waals surface area contributed by atoms with E-state index in [0.717, 1.165) is 45.6 Å². The second kappa shape index (κ2) is 5.12. The molecule has 1 atom stereocenters. The number of hydrogen-bond donors (Lipinski definition) is 1. The van der Waals surface area contributed by atoms with Crippen molar-refractivity contribution in [1.82, 2.24) is 30.4 Å². The molecule has 0 aliphatic carbocycles. The van der Waals surface area contributed by atoms with Crippen LogP contribution < -0.4 is 10.2 Å². The number of hydrogen-bond acceptors (Lipinski definition) is 6. The van der Waals surface area contributed by atoms with E-state index in [9.17, 15) is 4.79 Å². The van der Waals surface area contributed by atoms with Crippen molar-refractivity contribution in [3.8, 4) is 0 Å². The highest BCUT2D eigenvalue weighted by atomic mass is 16.2. The molecule has 2 aliphatic rings. The fourth-order valence-corrected chi connectivity index (χ4v) is 2.83. The van der Waals surface area contributed by atoms with Crippen LogP contribution in [-0.4, -0.2) is 69.8 Å². The molecule has 104 valence electrons. The summed E-state index contributed by atoms with van der Waals surface area (Å²) in [5.41, 5.74) is 0. The Kier molecular flexibility index (Phi) is 3.33. The number of piperazine rings is 1. The second-order valence-corrected chi connectivity index (χ2v) is 5.03. The van der Waals surface area contributed by atoms with Gasteiger partial charge in [0.2, 0.25) is 11.9 Å². The zero-order valence-electron chi connectivity index (χ0n) is 11.1. The quantitative estimate of drug-likeness (QED) is 0.709. The van der Waals surface area contributed by atoms with E-state index in [-0.39, 0.29) is 11.9 Å². The highest BCUT2D eigenvalue weighted by Crippen LogP contribution is 2.24. The SMILES string of the molecule is Cn1nnnc1N1CCCC1C(=O)N1CCNCC1. The Morgan fingerprint density at radius 1 is 1.32 bits per heavy atom. The summed E-state index contributed by atoms with van der Waals surface area (Å²) in [5, 5.41) is 14.8. The van der Waals surface area contributed by atoms with E-state index in [0.29, 0.717) is 5.95 Å². The van der Waals surface area contributed by atoms with Crippen LogP contribution in [0.2, 0.25) is 0 Å². The predicted octanol–water partition coefficient (Wildman–Crippen LogP) is -1.39. The van der Waals surface area contributed by atoms with Gasteiger partial charge in [0.25, 0.3) is 0 Å². The van der Waals surface area contributed by atoms with Crippen LogP contribution in [0, 0.1) is 0 Å². The molecule has 3 heterocycles. The average Bonchev–Trinajstić information content (AvgIpc) is 3.07. The molecule has 2 saturated heterocycles. The molecule has 1 aromatic heterocycles. The highest BCUT2D eigenvalue weighted by Gasteiger charge is 2.36. The van der Waals surface area contributed by atoms with Gasteiger partial charge in [-0.25, -0.2) is 4.68 Å². The molecular weight excluding hydrogens is 246 g/mol. The number of carbonyl (C=O) groups is 1. The molecule has 1 aromatic rings. The molecular formula is C11H19N7O. The molecule has 19 heavy (non-hydrogen) atoms. The summed E-state index contributed by atoms with van der Waals surface area (Å²) in [5.74, 6) is 0.896. The van der Waals surface area contributed by atoms with E-state index in [1.54, 1.807) is 11.7 Å². The van der Waals surface area contributed by atoms with Crippen molar-refractivity contribution in [2.75, 3.05) is 37.6 Å². The van der Waals surface area contributed by atoms with E-state index < -0.39 is 0 Å². The van der Waals surface area contributed by atoms with Gasteiger partial charge in [-0.05, 0) is 23.3 Å². The van der Waals surface area contributed by atoms with Crippen LogP contribution >= 0.6 is 0 Å². The van der Waals surface area contributed by atoms with Gasteiger partial charge in [0.05, 0.1) is 0 Å². The minimum atomic E-state index is -0.109. The summed E-state index contributed by atoms with van der Waals surface area (Å²) in [6, 6.07) is -0.109. The van der Waals surface area contributed by atoms with Gasteiger partial charge in [0.1, 0.15) is 6.04 Å². The summed E-state index contributed by atoms with van der Waals surface area (Å²) in [6.07, 6.45) is 1.89. The first-order valence-electron chi connectivity index (χ1n) is 6.76. The summed E-state index contributed by atoms with van der Waals surface area (Å²) < 4.78 is 1.63. The van der Waals surface area contributed by atoms with E-state index in [1.165, 1.54) is 0 Å². The largest absolute Gasteiger partial charge is 0.338 e. The van der Waals surface area contributed by atoms with Crippen LogP contribution in [0.5, 0.6) is 0 Å². The molecule has 2 aliphatic heterocycles. The third kappa shape index (κ3) is 2.27. The number of anilines is 1. The monoisotopic (exact) mass is 265 g/mol. The third-order valence-corrected chi connectivity index (χ3v) is 3.82. The van der Waals surface area contributed by atoms with Gasteiger partial charge in [-0.3, -0.25) is 4.79 Å². The lowest BCUT2D eigenvalue weighted by molar-refractivity contribution is -0.133. The van der Waals surface area contributed by atoms with Crippen LogP contribution in [0.4, 0.5) is 5.95 Å². The maximum absolute atomic E-state index is 12.6. The molecule has 3 rings (SSSR count). The maximum Gasteiger partial charge on any atom is 0.245 e. The fourth-order valence-electron chi connectivity index (χ4n) is 2.83. The van der Waals surface area contributed by atoms with Gasteiger partial charge in [0.15, 0.2) is 0 Å². The maximum atomic E-state index is 12.6. The number of aryl methyl sites for hydroxylation is 1. The van der Waals surface area contributed by atoms with Crippen molar-refractivity contribution in [1.29, 1.82) is 0 Å². The first kappa shape index (κ1) is 12.3. The summed E-state index contributed by atoms with van der Waals surface area (Å²) in [4.78, 5) is 16.6. The average molecular weight is 265 g/mol. The van der Waals surface area contributed by atoms with Gasteiger partial charge < -0.3 is 15.1 Å². The summed E-state index contributed by atoms with van der Waals surface area (Å²) >= 11 is 0. The molecule has 1 amide bonds. The van der Waals surface area contributed by atoms with Gasteiger partial charge in [0, 0.05) is 39.8 Å². The number of aromatic nitrogens is 4. The van der Waals surface area contributed by atoms with E-state index in [2.05, 4.69) is 20.8 Å². The smallest absolute Gasteiger partial charge is 0.245 e. The number of carbonyl (C=O) groups excluding carboxylic acids is 1. The zero-order chi connectivity index (χ0) is 13.2. The lowest BCUT2D eigenvalue weighted by atomic mass is 10.2. The molecule has 0 spiro atoms. The molecule has 2 fully saturated rings. The Hall–Kier alpha value is -1.70. The number of tetrazole rings is 1. The summed E-state index contributed by atoms with van der Waals surface area (Å²) in [6.45, 7) is 4.19. The van der Waals surface area contributed by atoms with Gasteiger partial charge in [-0.1, -0.05) is 5.10 Å². The Bertz CT molecular complexity index is 454. The molecule has 1 unspecified atom stereocenters. The Morgan fingerprint density at radius 3 is 2.79 bits per heavy atom. The Balaban J connectivity index is 1.75. The van der Waals surface area contributed by atoms with Crippen molar-refractivity contribution < 1.29 is 4.79 Å². The van der Waals surface area contributed by atoms with Crippen LogP contribution in [0.1, 0.15) is 12.8 Å². The minimum absolute atomic E-state index is 0.109. The number of rotatable bonds is 2. The Morgan fingerprint density at radius 2 is 2.11 bits per heavy atom. The minimum Gasteiger partial charge on any atom is -0.338 e. The van der Waals surface area contributed by atoms with Gasteiger partial charge in [-0.2, -0.15) is 0 Å². The number of nitrogens with one attached hydrogen (secondary N) is 1. The van der Waals surface area contributed by atoms with Gasteiger partial charge in [-0.15, -0.1) is 0 Å². The highest BCUT2D eigenvalue weighted by molar-refractivity contribution is 5.85. The van der Waals surface area contributed by atoms with E-state index in [4.69, 9.17) is 0 Å². The van der Waals surface area contributed by atoms with E-state index >= 15 is 0 Å². The van der Waals surface area contributed by atoms with Crippen molar-refractivity contribution >= 4 is 11.9 Å². The van der Waals surface area contributed by atoms with Crippen LogP contribution in [-0.2, 0) is 11.8 Å². The molecule has 0 saturated carbocycles. The lowest BCUT2D eigenvalue weighted by Gasteiger charge is -2.32. The molecule has 0 bridgehead atoms. The third-order valence-electron chi connectivity index (χ3n) is 3.82. The zero-order valence-corrected chi connectivity index (χ0v) is 11.1. The number of nitrogens with zero attached hydrogens (tertiary/aromatic N) is 6. The summed E-state index contributed by atoms with van der Waals surface area (Å²) in [7, 11) is 1.81. The van der Waals surface area contributed by atoms with Crippen molar-refractivity contribution in [2.24, 2.45) is 7.05 Å². The molecule has 0 aromatic carbocycles. The first-order valence-corrected chi connectivity index (χ1v) is 6.76. The standard InChI is InChI=1S/C11H19N7O/c1-16-11(13-14-15-16)18-6-2-3-9(18)10(19)17-7-4-12-5-8-17/h9,12H,2-8H2,1H3. The van der Waals surface area contributed by atoms with E-state index in [1.807, 2.05) is 9.80 Å². The molecule has 8 nitrogen and oxygen atoms in total. The molecule has 1 N–H and O–H groups in total. The lowest BCUT2D eigenvalue weighted by Crippen LogP contribution is -2.52. The Labute approximate surface area is 111 Å². The number of amides is 1. The van der Waals surface area contributed by atoms with Crippen LogP contribution in [0.15, 0.2) is 0 Å².